The van der Waals surface area contributed by atoms with Crippen molar-refractivity contribution in [2.24, 2.45) is 11.7 Å². The summed E-state index contributed by atoms with van der Waals surface area (Å²) in [7, 11) is 0. The first-order chi connectivity index (χ1) is 16.7. The van der Waals surface area contributed by atoms with E-state index in [1.54, 1.807) is 0 Å². The molecule has 2 saturated heterocycles. The van der Waals surface area contributed by atoms with Crippen molar-refractivity contribution in [3.8, 4) is 6.07 Å². The number of carbonyl (C=O) groups excluding carboxylic acids is 2. The molecule has 184 valence electrons. The Balaban J connectivity index is 1.43. The van der Waals surface area contributed by atoms with Crippen LogP contribution in [0.5, 0.6) is 0 Å². The monoisotopic (exact) mass is 481 g/mol. The SMILES string of the molecule is C[C@@H](CN1CCC(C#N)(c2ccccc2)CC1)CN1C(=O)N(C(N)=O)CC1c1ccc(F)c(F)c1. The van der Waals surface area contributed by atoms with E-state index in [4.69, 9.17) is 5.73 Å². The Morgan fingerprint density at radius 1 is 1.14 bits per heavy atom. The Kier molecular flexibility index (Phi) is 7.03. The molecule has 0 aromatic heterocycles. The fourth-order valence-electron chi connectivity index (χ4n) is 5.21. The summed E-state index contributed by atoms with van der Waals surface area (Å²) in [6.07, 6.45) is 1.44. The number of likely N-dealkylation sites (tertiary alicyclic amines) is 1. The van der Waals surface area contributed by atoms with Gasteiger partial charge in [-0.25, -0.2) is 23.3 Å². The first-order valence-electron chi connectivity index (χ1n) is 11.8. The third kappa shape index (κ3) is 4.98. The number of rotatable bonds is 6. The number of nitrogens with zero attached hydrogens (tertiary/aromatic N) is 4. The molecule has 4 rings (SSSR count). The molecule has 2 N–H and O–H groups in total. The van der Waals surface area contributed by atoms with E-state index in [0.717, 1.165) is 48.5 Å². The summed E-state index contributed by atoms with van der Waals surface area (Å²) in [5, 5.41) is 9.92. The molecule has 0 aliphatic carbocycles. The van der Waals surface area contributed by atoms with Gasteiger partial charge in [-0.1, -0.05) is 43.3 Å². The zero-order chi connectivity index (χ0) is 25.2. The van der Waals surface area contributed by atoms with Crippen molar-refractivity contribution >= 4 is 12.1 Å². The van der Waals surface area contributed by atoms with E-state index in [1.165, 1.54) is 11.0 Å². The number of carbonyl (C=O) groups is 2. The van der Waals surface area contributed by atoms with Crippen molar-refractivity contribution < 1.29 is 18.4 Å². The van der Waals surface area contributed by atoms with Gasteiger partial charge in [-0.2, -0.15) is 5.26 Å². The highest BCUT2D eigenvalue weighted by atomic mass is 19.2. The zero-order valence-electron chi connectivity index (χ0n) is 19.7. The summed E-state index contributed by atoms with van der Waals surface area (Å²) in [6.45, 7) is 4.51. The van der Waals surface area contributed by atoms with Crippen LogP contribution in [0.1, 0.15) is 36.9 Å². The third-order valence-corrected chi connectivity index (χ3v) is 7.13. The van der Waals surface area contributed by atoms with Crippen molar-refractivity contribution in [3.05, 3.63) is 71.3 Å². The van der Waals surface area contributed by atoms with Gasteiger partial charge in [-0.15, -0.1) is 0 Å². The number of primary amides is 1. The molecular formula is C26H29F2N5O2. The van der Waals surface area contributed by atoms with Gasteiger partial charge < -0.3 is 15.5 Å². The van der Waals surface area contributed by atoms with Crippen molar-refractivity contribution in [2.75, 3.05) is 32.7 Å². The highest BCUT2D eigenvalue weighted by Crippen LogP contribution is 2.36. The predicted octanol–water partition coefficient (Wildman–Crippen LogP) is 4.02. The number of benzene rings is 2. The van der Waals surface area contributed by atoms with E-state index >= 15 is 0 Å². The Hall–Kier alpha value is -3.51. The lowest BCUT2D eigenvalue weighted by Gasteiger charge is -2.39. The second kappa shape index (κ2) is 10.0. The third-order valence-electron chi connectivity index (χ3n) is 7.13. The molecule has 2 aliphatic rings. The highest BCUT2D eigenvalue weighted by molar-refractivity contribution is 5.94. The molecule has 0 bridgehead atoms. The molecule has 9 heteroatoms. The molecule has 4 amide bonds. The topological polar surface area (TPSA) is 93.7 Å². The van der Waals surface area contributed by atoms with Gasteiger partial charge in [-0.05, 0) is 55.1 Å². The van der Waals surface area contributed by atoms with Crippen molar-refractivity contribution in [1.29, 1.82) is 5.26 Å². The number of halogens is 2. The number of nitriles is 1. The lowest BCUT2D eigenvalue weighted by Crippen LogP contribution is -2.45. The van der Waals surface area contributed by atoms with Crippen LogP contribution in [0.2, 0.25) is 0 Å². The number of amides is 4. The maximum Gasteiger partial charge on any atom is 0.328 e. The largest absolute Gasteiger partial charge is 0.351 e. The molecule has 2 aromatic rings. The summed E-state index contributed by atoms with van der Waals surface area (Å²) < 4.78 is 27.3. The van der Waals surface area contributed by atoms with E-state index in [1.807, 2.05) is 37.3 Å². The van der Waals surface area contributed by atoms with Crippen molar-refractivity contribution in [2.45, 2.75) is 31.2 Å². The molecule has 2 aliphatic heterocycles. The molecule has 2 aromatic carbocycles. The normalized spacial score (nSPS) is 21.1. The molecule has 0 spiro atoms. The second-order valence-corrected chi connectivity index (χ2v) is 9.54. The van der Waals surface area contributed by atoms with Gasteiger partial charge in [0, 0.05) is 13.1 Å². The molecule has 35 heavy (non-hydrogen) atoms. The Morgan fingerprint density at radius 3 is 2.43 bits per heavy atom. The number of urea groups is 2. The summed E-state index contributed by atoms with van der Waals surface area (Å²) in [5.74, 6) is -1.95. The molecule has 2 fully saturated rings. The standard InChI is InChI=1S/C26H29F2N5O2/c1-18(14-31-11-9-26(17-29,10-12-31)20-5-3-2-4-6-20)15-32-23(16-33(24(30)34)25(32)35)19-7-8-21(27)22(28)13-19/h2-8,13,18,23H,9-12,14-16H2,1H3,(H2,30,34)/t18-,23?/m0/s1. The van der Waals surface area contributed by atoms with Crippen LogP contribution < -0.4 is 5.73 Å². The Morgan fingerprint density at radius 2 is 1.83 bits per heavy atom. The summed E-state index contributed by atoms with van der Waals surface area (Å²) in [4.78, 5) is 29.4. The van der Waals surface area contributed by atoms with Crippen LogP contribution >= 0.6 is 0 Å². The minimum atomic E-state index is -1.01. The van der Waals surface area contributed by atoms with Gasteiger partial charge in [0.1, 0.15) is 0 Å². The molecule has 2 atom stereocenters. The summed E-state index contributed by atoms with van der Waals surface area (Å²) in [5.41, 5.74) is 6.34. The average molecular weight is 482 g/mol. The van der Waals surface area contributed by atoms with Gasteiger partial charge in [0.2, 0.25) is 0 Å². The fraction of sp³-hybridized carbons (Fsp3) is 0.423. The Labute approximate surface area is 203 Å². The van der Waals surface area contributed by atoms with Gasteiger partial charge in [-0.3, -0.25) is 0 Å². The van der Waals surface area contributed by atoms with Gasteiger partial charge >= 0.3 is 12.1 Å². The summed E-state index contributed by atoms with van der Waals surface area (Å²) in [6, 6.07) is 13.9. The van der Waals surface area contributed by atoms with Crippen LogP contribution in [0.25, 0.3) is 0 Å². The maximum atomic E-state index is 13.9. The van der Waals surface area contributed by atoms with Gasteiger partial charge in [0.15, 0.2) is 11.6 Å². The minimum absolute atomic E-state index is 0.0164. The molecule has 0 radical (unpaired) electrons. The van der Waals surface area contributed by atoms with Crippen LogP contribution in [0.3, 0.4) is 0 Å². The number of imide groups is 1. The first-order valence-corrected chi connectivity index (χ1v) is 11.8. The van der Waals surface area contributed by atoms with Crippen LogP contribution in [-0.2, 0) is 5.41 Å². The lowest BCUT2D eigenvalue weighted by atomic mass is 9.74. The number of piperidine rings is 1. The van der Waals surface area contributed by atoms with Crippen molar-refractivity contribution in [3.63, 3.8) is 0 Å². The predicted molar refractivity (Wildman–Crippen MR) is 126 cm³/mol. The van der Waals surface area contributed by atoms with E-state index in [0.29, 0.717) is 18.7 Å². The lowest BCUT2D eigenvalue weighted by molar-refractivity contribution is 0.142. The average Bonchev–Trinajstić information content (AvgIpc) is 3.18. The number of nitrogens with two attached hydrogens (primary N) is 1. The zero-order valence-corrected chi connectivity index (χ0v) is 19.7. The molecule has 2 heterocycles. The highest BCUT2D eigenvalue weighted by Gasteiger charge is 2.42. The van der Waals surface area contributed by atoms with E-state index in [9.17, 15) is 23.6 Å². The fourth-order valence-corrected chi connectivity index (χ4v) is 5.21. The molecular weight excluding hydrogens is 452 g/mol. The summed E-state index contributed by atoms with van der Waals surface area (Å²) >= 11 is 0. The van der Waals surface area contributed by atoms with Gasteiger partial charge in [0.05, 0.1) is 24.1 Å². The van der Waals surface area contributed by atoms with Crippen LogP contribution in [0.15, 0.2) is 48.5 Å². The van der Waals surface area contributed by atoms with Crippen LogP contribution in [0.4, 0.5) is 18.4 Å². The number of hydrogen-bond acceptors (Lipinski definition) is 4. The molecule has 1 unspecified atom stereocenters. The quantitative estimate of drug-likeness (QED) is 0.675. The molecule has 0 saturated carbocycles. The van der Waals surface area contributed by atoms with Crippen LogP contribution in [-0.4, -0.2) is 59.5 Å². The first kappa shape index (κ1) is 24.6. The minimum Gasteiger partial charge on any atom is -0.351 e. The van der Waals surface area contributed by atoms with E-state index in [2.05, 4.69) is 11.0 Å². The number of hydrogen-bond donors (Lipinski definition) is 1. The van der Waals surface area contributed by atoms with Crippen LogP contribution in [0, 0.1) is 28.9 Å². The van der Waals surface area contributed by atoms with Gasteiger partial charge in [0.25, 0.3) is 0 Å². The Bertz CT molecular complexity index is 1130. The van der Waals surface area contributed by atoms with E-state index in [-0.39, 0.29) is 12.5 Å². The van der Waals surface area contributed by atoms with Crippen molar-refractivity contribution in [1.82, 2.24) is 14.7 Å². The second-order valence-electron chi connectivity index (χ2n) is 9.54. The molecule has 7 nitrogen and oxygen atoms in total. The smallest absolute Gasteiger partial charge is 0.328 e. The van der Waals surface area contributed by atoms with E-state index < -0.39 is 35.2 Å². The maximum absolute atomic E-state index is 13.9.